The van der Waals surface area contributed by atoms with Gasteiger partial charge in [-0.15, -0.1) is 6.42 Å². The molecule has 1 aliphatic rings. The highest BCUT2D eigenvalue weighted by Crippen LogP contribution is 2.27. The molecule has 0 radical (unpaired) electrons. The van der Waals surface area contributed by atoms with Crippen LogP contribution in [0.2, 0.25) is 0 Å². The Morgan fingerprint density at radius 3 is 3.00 bits per heavy atom. The van der Waals surface area contributed by atoms with Gasteiger partial charge in [-0.2, -0.15) is 11.8 Å². The molecule has 0 aromatic heterocycles. The van der Waals surface area contributed by atoms with Crippen molar-refractivity contribution >= 4 is 11.8 Å². The fraction of sp³-hybridized carbons (Fsp3) is 0.800. The standard InChI is InChI=1S/C10H17NS/c1-3-9(11-4-2)10-7-5-6-8-12-10/h1,9-11H,4-8H2,2H3. The number of hydrogen-bond acceptors (Lipinski definition) is 2. The van der Waals surface area contributed by atoms with Gasteiger partial charge in [0.05, 0.1) is 6.04 Å². The van der Waals surface area contributed by atoms with Gasteiger partial charge in [-0.25, -0.2) is 0 Å². The minimum absolute atomic E-state index is 0.292. The molecular formula is C10H17NS. The Kier molecular flexibility index (Phi) is 4.57. The van der Waals surface area contributed by atoms with Crippen molar-refractivity contribution in [2.75, 3.05) is 12.3 Å². The molecule has 12 heavy (non-hydrogen) atoms. The highest BCUT2D eigenvalue weighted by atomic mass is 32.2. The highest BCUT2D eigenvalue weighted by Gasteiger charge is 2.21. The van der Waals surface area contributed by atoms with Crippen LogP contribution in [0, 0.1) is 12.3 Å². The Labute approximate surface area is 79.7 Å². The smallest absolute Gasteiger partial charge is 0.0807 e. The lowest BCUT2D eigenvalue weighted by molar-refractivity contribution is 0.550. The number of rotatable bonds is 3. The highest BCUT2D eigenvalue weighted by molar-refractivity contribution is 8.00. The van der Waals surface area contributed by atoms with Crippen molar-refractivity contribution in [1.29, 1.82) is 0 Å². The summed E-state index contributed by atoms with van der Waals surface area (Å²) < 4.78 is 0. The molecule has 2 unspecified atom stereocenters. The fourth-order valence-electron chi connectivity index (χ4n) is 1.55. The quantitative estimate of drug-likeness (QED) is 0.671. The Balaban J connectivity index is 2.36. The van der Waals surface area contributed by atoms with Crippen LogP contribution in [0.5, 0.6) is 0 Å². The molecule has 1 saturated heterocycles. The van der Waals surface area contributed by atoms with Crippen molar-refractivity contribution in [1.82, 2.24) is 5.32 Å². The molecule has 1 nitrogen and oxygen atoms in total. The van der Waals surface area contributed by atoms with E-state index in [1.54, 1.807) is 0 Å². The monoisotopic (exact) mass is 183 g/mol. The molecule has 1 aliphatic heterocycles. The van der Waals surface area contributed by atoms with Crippen LogP contribution in [0.1, 0.15) is 26.2 Å². The van der Waals surface area contributed by atoms with Gasteiger partial charge < -0.3 is 5.32 Å². The molecule has 0 aromatic carbocycles. The molecule has 1 N–H and O–H groups in total. The van der Waals surface area contributed by atoms with E-state index in [4.69, 9.17) is 6.42 Å². The van der Waals surface area contributed by atoms with Gasteiger partial charge in [0.25, 0.3) is 0 Å². The summed E-state index contributed by atoms with van der Waals surface area (Å²) in [5, 5.41) is 4.00. The maximum absolute atomic E-state index is 5.46. The van der Waals surface area contributed by atoms with Crippen LogP contribution in [0.25, 0.3) is 0 Å². The molecule has 0 aliphatic carbocycles. The second-order valence-electron chi connectivity index (χ2n) is 3.11. The third-order valence-electron chi connectivity index (χ3n) is 2.19. The molecule has 0 saturated carbocycles. The van der Waals surface area contributed by atoms with Gasteiger partial charge in [0, 0.05) is 5.25 Å². The lowest BCUT2D eigenvalue weighted by atomic mass is 10.1. The average molecular weight is 183 g/mol. The van der Waals surface area contributed by atoms with E-state index in [-0.39, 0.29) is 0 Å². The number of hydrogen-bond donors (Lipinski definition) is 1. The molecule has 0 bridgehead atoms. The maximum Gasteiger partial charge on any atom is 0.0807 e. The molecule has 1 heterocycles. The largest absolute Gasteiger partial charge is 0.303 e. The van der Waals surface area contributed by atoms with Crippen molar-refractivity contribution in [3.05, 3.63) is 0 Å². The van der Waals surface area contributed by atoms with Gasteiger partial charge >= 0.3 is 0 Å². The Hall–Kier alpha value is -0.130. The minimum Gasteiger partial charge on any atom is -0.303 e. The van der Waals surface area contributed by atoms with E-state index in [1.807, 2.05) is 11.8 Å². The van der Waals surface area contributed by atoms with E-state index in [0.29, 0.717) is 11.3 Å². The summed E-state index contributed by atoms with van der Waals surface area (Å²) in [7, 11) is 0. The molecule has 0 amide bonds. The van der Waals surface area contributed by atoms with Crippen molar-refractivity contribution in [3.63, 3.8) is 0 Å². The molecule has 1 fully saturated rings. The summed E-state index contributed by atoms with van der Waals surface area (Å²) in [6, 6.07) is 0.292. The third-order valence-corrected chi connectivity index (χ3v) is 3.65. The van der Waals surface area contributed by atoms with E-state index in [2.05, 4.69) is 18.2 Å². The summed E-state index contributed by atoms with van der Waals surface area (Å²) in [5.41, 5.74) is 0. The summed E-state index contributed by atoms with van der Waals surface area (Å²) in [6.45, 7) is 3.09. The Bertz CT molecular complexity index is 156. The van der Waals surface area contributed by atoms with Gasteiger partial charge in [-0.3, -0.25) is 0 Å². The summed E-state index contributed by atoms with van der Waals surface area (Å²) in [4.78, 5) is 0. The minimum atomic E-state index is 0.292. The van der Waals surface area contributed by atoms with Crippen LogP contribution in [0.4, 0.5) is 0 Å². The van der Waals surface area contributed by atoms with E-state index in [1.165, 1.54) is 25.0 Å². The van der Waals surface area contributed by atoms with E-state index >= 15 is 0 Å². The summed E-state index contributed by atoms with van der Waals surface area (Å²) >= 11 is 2.03. The van der Waals surface area contributed by atoms with Gasteiger partial charge in [0.2, 0.25) is 0 Å². The van der Waals surface area contributed by atoms with Crippen LogP contribution in [0.15, 0.2) is 0 Å². The first-order valence-corrected chi connectivity index (χ1v) is 5.74. The molecular weight excluding hydrogens is 166 g/mol. The second-order valence-corrected chi connectivity index (χ2v) is 4.45. The van der Waals surface area contributed by atoms with E-state index < -0.39 is 0 Å². The first kappa shape index (κ1) is 9.95. The molecule has 0 spiro atoms. The molecule has 1 rings (SSSR count). The fourth-order valence-corrected chi connectivity index (χ4v) is 2.92. The zero-order valence-electron chi connectivity index (χ0n) is 7.68. The van der Waals surface area contributed by atoms with Crippen LogP contribution >= 0.6 is 11.8 Å². The summed E-state index contributed by atoms with van der Waals surface area (Å²) in [6.07, 6.45) is 9.46. The number of nitrogens with one attached hydrogen (secondary N) is 1. The predicted octanol–water partition coefficient (Wildman–Crippen LogP) is 1.88. The van der Waals surface area contributed by atoms with E-state index in [9.17, 15) is 0 Å². The molecule has 2 atom stereocenters. The Morgan fingerprint density at radius 1 is 1.67 bits per heavy atom. The zero-order chi connectivity index (χ0) is 8.81. The van der Waals surface area contributed by atoms with Gasteiger partial charge in [-0.1, -0.05) is 19.3 Å². The zero-order valence-corrected chi connectivity index (χ0v) is 8.49. The number of terminal acetylenes is 1. The van der Waals surface area contributed by atoms with Gasteiger partial charge in [0.15, 0.2) is 0 Å². The van der Waals surface area contributed by atoms with Crippen LogP contribution in [-0.2, 0) is 0 Å². The van der Waals surface area contributed by atoms with Gasteiger partial charge in [-0.05, 0) is 25.1 Å². The maximum atomic E-state index is 5.46. The van der Waals surface area contributed by atoms with E-state index in [0.717, 1.165) is 6.54 Å². The summed E-state index contributed by atoms with van der Waals surface area (Å²) in [5.74, 6) is 4.13. The lowest BCUT2D eigenvalue weighted by Gasteiger charge is -2.26. The van der Waals surface area contributed by atoms with Crippen molar-refractivity contribution in [2.24, 2.45) is 0 Å². The van der Waals surface area contributed by atoms with Crippen LogP contribution < -0.4 is 5.32 Å². The second kappa shape index (κ2) is 5.50. The van der Waals surface area contributed by atoms with Crippen molar-refractivity contribution in [2.45, 2.75) is 37.5 Å². The van der Waals surface area contributed by atoms with Crippen LogP contribution in [0.3, 0.4) is 0 Å². The number of thioether (sulfide) groups is 1. The van der Waals surface area contributed by atoms with Crippen LogP contribution in [-0.4, -0.2) is 23.6 Å². The van der Waals surface area contributed by atoms with Crippen molar-refractivity contribution in [3.8, 4) is 12.3 Å². The third kappa shape index (κ3) is 2.73. The Morgan fingerprint density at radius 2 is 2.50 bits per heavy atom. The van der Waals surface area contributed by atoms with Gasteiger partial charge in [0.1, 0.15) is 0 Å². The molecule has 2 heteroatoms. The normalized spacial score (nSPS) is 26.2. The molecule has 68 valence electrons. The predicted molar refractivity (Wildman–Crippen MR) is 56.4 cm³/mol. The van der Waals surface area contributed by atoms with Crippen molar-refractivity contribution < 1.29 is 0 Å². The SMILES string of the molecule is C#CC(NCC)C1CCCCS1. The average Bonchev–Trinajstić information content (AvgIpc) is 2.15. The first-order valence-electron chi connectivity index (χ1n) is 4.69. The molecule has 0 aromatic rings. The topological polar surface area (TPSA) is 12.0 Å². The lowest BCUT2D eigenvalue weighted by Crippen LogP contribution is -2.38. The first-order chi connectivity index (χ1) is 5.88.